The molecule has 1 aliphatic rings. The average molecular weight is 447 g/mol. The SMILES string of the molecule is Cc1cc(SCC(=O)N2CCN(c3cccc(C)c3C)CC2)c(C)cc1Br. The van der Waals surface area contributed by atoms with E-state index in [0.29, 0.717) is 5.75 Å². The van der Waals surface area contributed by atoms with Crippen LogP contribution in [0.3, 0.4) is 0 Å². The van der Waals surface area contributed by atoms with Crippen molar-refractivity contribution in [1.82, 2.24) is 4.90 Å². The Hall–Kier alpha value is -1.46. The van der Waals surface area contributed by atoms with Crippen molar-refractivity contribution < 1.29 is 4.79 Å². The smallest absolute Gasteiger partial charge is 0.233 e. The van der Waals surface area contributed by atoms with E-state index >= 15 is 0 Å². The molecule has 1 heterocycles. The second-order valence-corrected chi connectivity index (χ2v) is 9.11. The van der Waals surface area contributed by atoms with Gasteiger partial charge in [-0.15, -0.1) is 11.8 Å². The fraction of sp³-hybridized carbons (Fsp3) is 0.409. The minimum Gasteiger partial charge on any atom is -0.368 e. The highest BCUT2D eigenvalue weighted by Gasteiger charge is 2.22. The number of rotatable bonds is 4. The maximum atomic E-state index is 12.7. The van der Waals surface area contributed by atoms with Gasteiger partial charge in [0.1, 0.15) is 0 Å². The Labute approximate surface area is 175 Å². The predicted octanol–water partition coefficient (Wildman–Crippen LogP) is 5.12. The molecule has 1 amide bonds. The summed E-state index contributed by atoms with van der Waals surface area (Å²) in [4.78, 5) is 18.3. The van der Waals surface area contributed by atoms with Gasteiger partial charge in [0, 0.05) is 41.2 Å². The second kappa shape index (κ2) is 8.70. The van der Waals surface area contributed by atoms with Gasteiger partial charge in [0.25, 0.3) is 0 Å². The van der Waals surface area contributed by atoms with Gasteiger partial charge in [-0.2, -0.15) is 0 Å². The maximum Gasteiger partial charge on any atom is 0.233 e. The van der Waals surface area contributed by atoms with Crippen molar-refractivity contribution >= 4 is 39.3 Å². The van der Waals surface area contributed by atoms with Crippen molar-refractivity contribution in [3.8, 4) is 0 Å². The number of aryl methyl sites for hydroxylation is 3. The molecule has 0 radical (unpaired) electrons. The summed E-state index contributed by atoms with van der Waals surface area (Å²) in [6.45, 7) is 11.9. The van der Waals surface area contributed by atoms with Crippen LogP contribution in [-0.2, 0) is 4.79 Å². The number of benzene rings is 2. The van der Waals surface area contributed by atoms with Crippen molar-refractivity contribution in [2.45, 2.75) is 32.6 Å². The van der Waals surface area contributed by atoms with Gasteiger partial charge in [0.2, 0.25) is 5.91 Å². The van der Waals surface area contributed by atoms with E-state index in [1.165, 1.54) is 32.8 Å². The van der Waals surface area contributed by atoms with Crippen LogP contribution >= 0.6 is 27.7 Å². The zero-order valence-electron chi connectivity index (χ0n) is 16.5. The lowest BCUT2D eigenvalue weighted by atomic mass is 10.1. The van der Waals surface area contributed by atoms with Crippen LogP contribution < -0.4 is 4.90 Å². The summed E-state index contributed by atoms with van der Waals surface area (Å²) >= 11 is 5.22. The molecule has 0 saturated carbocycles. The molecule has 0 N–H and O–H groups in total. The number of hydrogen-bond acceptors (Lipinski definition) is 3. The van der Waals surface area contributed by atoms with Crippen LogP contribution in [0.4, 0.5) is 5.69 Å². The summed E-state index contributed by atoms with van der Waals surface area (Å²) in [5.41, 5.74) is 6.39. The molecule has 1 aliphatic heterocycles. The predicted molar refractivity (Wildman–Crippen MR) is 119 cm³/mol. The number of piperazine rings is 1. The lowest BCUT2D eigenvalue weighted by molar-refractivity contribution is -0.128. The zero-order valence-corrected chi connectivity index (χ0v) is 18.9. The van der Waals surface area contributed by atoms with Crippen molar-refractivity contribution in [3.63, 3.8) is 0 Å². The Morgan fingerprint density at radius 1 is 1.00 bits per heavy atom. The van der Waals surface area contributed by atoms with Gasteiger partial charge in [0.15, 0.2) is 0 Å². The number of nitrogens with zero attached hydrogens (tertiary/aromatic N) is 2. The topological polar surface area (TPSA) is 23.6 Å². The lowest BCUT2D eigenvalue weighted by Gasteiger charge is -2.37. The number of anilines is 1. The Balaban J connectivity index is 1.56. The molecule has 0 bridgehead atoms. The monoisotopic (exact) mass is 446 g/mol. The number of carbonyl (C=O) groups excluding carboxylic acids is 1. The van der Waals surface area contributed by atoms with E-state index in [1.807, 2.05) is 4.90 Å². The first kappa shape index (κ1) is 20.3. The molecule has 2 aromatic carbocycles. The van der Waals surface area contributed by atoms with Crippen molar-refractivity contribution in [3.05, 3.63) is 57.1 Å². The van der Waals surface area contributed by atoms with Crippen LogP contribution in [0.2, 0.25) is 0 Å². The molecule has 27 heavy (non-hydrogen) atoms. The standard InChI is InChI=1S/C22H27BrN2OS/c1-15-6-5-7-20(18(15)4)24-8-10-25(11-9-24)22(26)14-27-21-13-16(2)19(23)12-17(21)3/h5-7,12-13H,8-11,14H2,1-4H3. The van der Waals surface area contributed by atoms with E-state index < -0.39 is 0 Å². The highest BCUT2D eigenvalue weighted by atomic mass is 79.9. The Kier molecular flexibility index (Phi) is 6.53. The molecule has 1 saturated heterocycles. The van der Waals surface area contributed by atoms with Crippen molar-refractivity contribution in [1.29, 1.82) is 0 Å². The molecule has 0 aliphatic carbocycles. The highest BCUT2D eigenvalue weighted by molar-refractivity contribution is 9.10. The summed E-state index contributed by atoms with van der Waals surface area (Å²) < 4.78 is 1.12. The summed E-state index contributed by atoms with van der Waals surface area (Å²) in [5, 5.41) is 0. The lowest BCUT2D eigenvalue weighted by Crippen LogP contribution is -2.49. The quantitative estimate of drug-likeness (QED) is 0.608. The fourth-order valence-electron chi connectivity index (χ4n) is 3.42. The third-order valence-corrected chi connectivity index (χ3v) is 7.35. The van der Waals surface area contributed by atoms with Gasteiger partial charge >= 0.3 is 0 Å². The number of thioether (sulfide) groups is 1. The Bertz CT molecular complexity index is 844. The summed E-state index contributed by atoms with van der Waals surface area (Å²) in [7, 11) is 0. The van der Waals surface area contributed by atoms with Gasteiger partial charge < -0.3 is 9.80 Å². The Morgan fingerprint density at radius 2 is 1.70 bits per heavy atom. The molecule has 1 fully saturated rings. The van der Waals surface area contributed by atoms with E-state index in [2.05, 4.69) is 78.9 Å². The van der Waals surface area contributed by atoms with Crippen LogP contribution in [0.1, 0.15) is 22.3 Å². The number of amides is 1. The van der Waals surface area contributed by atoms with Crippen LogP contribution in [0.5, 0.6) is 0 Å². The fourth-order valence-corrected chi connectivity index (χ4v) is 4.88. The molecular formula is C22H27BrN2OS. The first-order chi connectivity index (χ1) is 12.9. The van der Waals surface area contributed by atoms with Gasteiger partial charge in [0.05, 0.1) is 5.75 Å². The molecule has 0 aromatic heterocycles. The molecule has 5 heteroatoms. The third-order valence-electron chi connectivity index (χ3n) is 5.36. The van der Waals surface area contributed by atoms with E-state index in [0.717, 1.165) is 30.7 Å². The van der Waals surface area contributed by atoms with Gasteiger partial charge in [-0.05, 0) is 68.1 Å². The molecule has 0 atom stereocenters. The van der Waals surface area contributed by atoms with Crippen molar-refractivity contribution in [2.75, 3.05) is 36.8 Å². The Morgan fingerprint density at radius 3 is 2.41 bits per heavy atom. The summed E-state index contributed by atoms with van der Waals surface area (Å²) in [5.74, 6) is 0.742. The van der Waals surface area contributed by atoms with Gasteiger partial charge in [-0.3, -0.25) is 4.79 Å². The van der Waals surface area contributed by atoms with Gasteiger partial charge in [-0.1, -0.05) is 28.1 Å². The first-order valence-corrected chi connectivity index (χ1v) is 11.1. The van der Waals surface area contributed by atoms with E-state index in [-0.39, 0.29) is 5.91 Å². The van der Waals surface area contributed by atoms with E-state index in [1.54, 1.807) is 11.8 Å². The van der Waals surface area contributed by atoms with Crippen LogP contribution in [0.25, 0.3) is 0 Å². The number of halogens is 1. The molecule has 3 nitrogen and oxygen atoms in total. The van der Waals surface area contributed by atoms with E-state index in [4.69, 9.17) is 0 Å². The molecular weight excluding hydrogens is 420 g/mol. The maximum absolute atomic E-state index is 12.7. The third kappa shape index (κ3) is 4.69. The van der Waals surface area contributed by atoms with Crippen LogP contribution in [-0.4, -0.2) is 42.7 Å². The number of carbonyl (C=O) groups is 1. The summed E-state index contributed by atoms with van der Waals surface area (Å²) in [6.07, 6.45) is 0. The minimum atomic E-state index is 0.237. The molecule has 0 spiro atoms. The number of hydrogen-bond donors (Lipinski definition) is 0. The summed E-state index contributed by atoms with van der Waals surface area (Å²) in [6, 6.07) is 10.8. The van der Waals surface area contributed by atoms with Crippen molar-refractivity contribution in [2.24, 2.45) is 0 Å². The molecule has 2 aromatic rings. The van der Waals surface area contributed by atoms with Crippen LogP contribution in [0, 0.1) is 27.7 Å². The van der Waals surface area contributed by atoms with Gasteiger partial charge in [-0.25, -0.2) is 0 Å². The normalized spacial score (nSPS) is 14.6. The molecule has 0 unspecified atom stereocenters. The average Bonchev–Trinajstić information content (AvgIpc) is 2.66. The highest BCUT2D eigenvalue weighted by Crippen LogP contribution is 2.29. The second-order valence-electron chi connectivity index (χ2n) is 7.24. The molecule has 144 valence electrons. The first-order valence-electron chi connectivity index (χ1n) is 9.35. The minimum absolute atomic E-state index is 0.237. The van der Waals surface area contributed by atoms with E-state index in [9.17, 15) is 4.79 Å². The largest absolute Gasteiger partial charge is 0.368 e. The van der Waals surface area contributed by atoms with Crippen LogP contribution in [0.15, 0.2) is 39.7 Å². The molecule has 3 rings (SSSR count). The zero-order chi connectivity index (χ0) is 19.6.